The summed E-state index contributed by atoms with van der Waals surface area (Å²) >= 11 is 0. The molecular formula is C14H20N2O2. The van der Waals surface area contributed by atoms with Crippen molar-refractivity contribution in [2.75, 3.05) is 13.6 Å². The van der Waals surface area contributed by atoms with E-state index in [1.54, 1.807) is 11.9 Å². The molecule has 4 nitrogen and oxygen atoms in total. The van der Waals surface area contributed by atoms with E-state index in [-0.39, 0.29) is 18.1 Å². The van der Waals surface area contributed by atoms with Crippen LogP contribution in [0.15, 0.2) is 18.2 Å². The first-order chi connectivity index (χ1) is 8.49. The number of likely N-dealkylation sites (N-methyl/N-ethyl adjacent to an activating group) is 1. The van der Waals surface area contributed by atoms with Gasteiger partial charge in [-0.25, -0.2) is 0 Å². The molecule has 1 saturated heterocycles. The highest BCUT2D eigenvalue weighted by Crippen LogP contribution is 2.28. The smallest absolute Gasteiger partial charge is 0.263 e. The first-order valence-electron chi connectivity index (χ1n) is 6.27. The van der Waals surface area contributed by atoms with Crippen LogP contribution in [-0.4, -0.2) is 30.5 Å². The van der Waals surface area contributed by atoms with E-state index in [9.17, 15) is 4.79 Å². The highest BCUT2D eigenvalue weighted by Gasteiger charge is 2.31. The average molecular weight is 248 g/mol. The molecule has 1 aromatic rings. The van der Waals surface area contributed by atoms with Crippen LogP contribution >= 0.6 is 0 Å². The molecule has 1 amide bonds. The Morgan fingerprint density at radius 3 is 2.78 bits per heavy atom. The van der Waals surface area contributed by atoms with Crippen molar-refractivity contribution in [3.63, 3.8) is 0 Å². The fraction of sp³-hybridized carbons (Fsp3) is 0.500. The predicted molar refractivity (Wildman–Crippen MR) is 70.5 cm³/mol. The Labute approximate surface area is 108 Å². The summed E-state index contributed by atoms with van der Waals surface area (Å²) in [5.74, 6) is 0.783. The van der Waals surface area contributed by atoms with Crippen molar-refractivity contribution < 1.29 is 9.53 Å². The van der Waals surface area contributed by atoms with Crippen LogP contribution in [0.4, 0.5) is 0 Å². The topological polar surface area (TPSA) is 55.6 Å². The van der Waals surface area contributed by atoms with Gasteiger partial charge in [-0.2, -0.15) is 0 Å². The second kappa shape index (κ2) is 4.98. The zero-order valence-corrected chi connectivity index (χ0v) is 11.1. The Morgan fingerprint density at radius 1 is 1.50 bits per heavy atom. The normalized spacial score (nSPS) is 21.2. The number of rotatable bonds is 3. The van der Waals surface area contributed by atoms with Crippen molar-refractivity contribution in [1.29, 1.82) is 0 Å². The molecule has 1 fully saturated rings. The lowest BCUT2D eigenvalue weighted by molar-refractivity contribution is -0.132. The zero-order chi connectivity index (χ0) is 13.3. The first kappa shape index (κ1) is 12.9. The molecule has 4 heteroatoms. The lowest BCUT2D eigenvalue weighted by Gasteiger charge is -2.18. The lowest BCUT2D eigenvalue weighted by Crippen LogP contribution is -2.29. The minimum Gasteiger partial charge on any atom is -0.480 e. The summed E-state index contributed by atoms with van der Waals surface area (Å²) in [5, 5.41) is 0. The van der Waals surface area contributed by atoms with Crippen LogP contribution in [0.5, 0.6) is 5.75 Å². The van der Waals surface area contributed by atoms with Crippen LogP contribution in [0, 0.1) is 6.92 Å². The molecular weight excluding hydrogens is 228 g/mol. The highest BCUT2D eigenvalue weighted by molar-refractivity contribution is 5.83. The van der Waals surface area contributed by atoms with E-state index in [1.165, 1.54) is 0 Å². The molecule has 98 valence electrons. The Morgan fingerprint density at radius 2 is 2.22 bits per heavy atom. The van der Waals surface area contributed by atoms with Gasteiger partial charge in [-0.1, -0.05) is 12.1 Å². The van der Waals surface area contributed by atoms with E-state index in [1.807, 2.05) is 32.0 Å². The minimum absolute atomic E-state index is 0.0483. The van der Waals surface area contributed by atoms with Gasteiger partial charge in [-0.15, -0.1) is 0 Å². The van der Waals surface area contributed by atoms with Crippen LogP contribution in [0.1, 0.15) is 30.5 Å². The van der Waals surface area contributed by atoms with E-state index in [0.29, 0.717) is 0 Å². The molecule has 1 aliphatic heterocycles. The van der Waals surface area contributed by atoms with E-state index in [2.05, 4.69) is 0 Å². The predicted octanol–water partition coefficient (Wildman–Crippen LogP) is 1.62. The number of carbonyl (C=O) groups excluding carboxylic acids is 1. The summed E-state index contributed by atoms with van der Waals surface area (Å²) in [6, 6.07) is 5.83. The van der Waals surface area contributed by atoms with Crippen LogP contribution in [0.25, 0.3) is 0 Å². The van der Waals surface area contributed by atoms with E-state index >= 15 is 0 Å². The lowest BCUT2D eigenvalue weighted by atomic mass is 10.1. The van der Waals surface area contributed by atoms with Gasteiger partial charge in [0.25, 0.3) is 5.91 Å². The van der Waals surface area contributed by atoms with Gasteiger partial charge < -0.3 is 15.4 Å². The molecule has 1 heterocycles. The van der Waals surface area contributed by atoms with Gasteiger partial charge in [0.2, 0.25) is 0 Å². The Hall–Kier alpha value is -1.55. The van der Waals surface area contributed by atoms with Crippen LogP contribution < -0.4 is 10.5 Å². The third-order valence-corrected chi connectivity index (χ3v) is 3.31. The fourth-order valence-electron chi connectivity index (χ4n) is 2.17. The standard InChI is InChI=1S/C14H20N2O2/c1-9-4-5-11(10(2)15)13(8-9)18-12-6-7-16(3)14(12)17/h4-5,8,10,12H,6-7,15H2,1-3H3. The van der Waals surface area contributed by atoms with Gasteiger partial charge in [-0.3, -0.25) is 4.79 Å². The fourth-order valence-corrected chi connectivity index (χ4v) is 2.17. The van der Waals surface area contributed by atoms with Crippen molar-refractivity contribution in [1.82, 2.24) is 4.90 Å². The number of amides is 1. The summed E-state index contributed by atoms with van der Waals surface area (Å²) in [6.45, 7) is 4.67. The quantitative estimate of drug-likeness (QED) is 0.884. The van der Waals surface area contributed by atoms with Crippen molar-refractivity contribution in [2.45, 2.75) is 32.4 Å². The van der Waals surface area contributed by atoms with Crippen molar-refractivity contribution in [3.8, 4) is 5.75 Å². The van der Waals surface area contributed by atoms with Crippen molar-refractivity contribution >= 4 is 5.91 Å². The number of likely N-dealkylation sites (tertiary alicyclic amines) is 1. The molecule has 2 unspecified atom stereocenters. The van der Waals surface area contributed by atoms with Crippen LogP contribution in [-0.2, 0) is 4.79 Å². The number of benzene rings is 1. The van der Waals surface area contributed by atoms with E-state index in [4.69, 9.17) is 10.5 Å². The van der Waals surface area contributed by atoms with E-state index < -0.39 is 0 Å². The number of ether oxygens (including phenoxy) is 1. The largest absolute Gasteiger partial charge is 0.480 e. The monoisotopic (exact) mass is 248 g/mol. The molecule has 0 bridgehead atoms. The first-order valence-corrected chi connectivity index (χ1v) is 6.27. The zero-order valence-electron chi connectivity index (χ0n) is 11.1. The molecule has 2 atom stereocenters. The van der Waals surface area contributed by atoms with Gasteiger partial charge in [0.1, 0.15) is 5.75 Å². The number of hydrogen-bond acceptors (Lipinski definition) is 3. The second-order valence-electron chi connectivity index (χ2n) is 4.98. The molecule has 1 aliphatic rings. The number of hydrogen-bond donors (Lipinski definition) is 1. The summed E-state index contributed by atoms with van der Waals surface area (Å²) in [6.07, 6.45) is 0.371. The third-order valence-electron chi connectivity index (χ3n) is 3.31. The maximum Gasteiger partial charge on any atom is 0.263 e. The summed E-state index contributed by atoms with van der Waals surface area (Å²) in [5.41, 5.74) is 7.98. The summed E-state index contributed by atoms with van der Waals surface area (Å²) < 4.78 is 5.86. The molecule has 1 aromatic carbocycles. The third kappa shape index (κ3) is 2.48. The number of carbonyl (C=O) groups is 1. The summed E-state index contributed by atoms with van der Waals surface area (Å²) in [7, 11) is 1.80. The van der Waals surface area contributed by atoms with Crippen LogP contribution in [0.3, 0.4) is 0 Å². The molecule has 18 heavy (non-hydrogen) atoms. The number of nitrogens with zero attached hydrogens (tertiary/aromatic N) is 1. The molecule has 0 saturated carbocycles. The van der Waals surface area contributed by atoms with Gasteiger partial charge in [0, 0.05) is 31.6 Å². The van der Waals surface area contributed by atoms with Crippen LogP contribution in [0.2, 0.25) is 0 Å². The van der Waals surface area contributed by atoms with E-state index in [0.717, 1.165) is 29.8 Å². The SMILES string of the molecule is Cc1ccc(C(C)N)c(OC2CCN(C)C2=O)c1. The average Bonchev–Trinajstić information content (AvgIpc) is 2.61. The van der Waals surface area contributed by atoms with Gasteiger partial charge >= 0.3 is 0 Å². The molecule has 0 aromatic heterocycles. The van der Waals surface area contributed by atoms with Gasteiger partial charge in [-0.05, 0) is 25.5 Å². The Bertz CT molecular complexity index is 457. The Balaban J connectivity index is 2.23. The minimum atomic E-state index is -0.366. The molecule has 0 aliphatic carbocycles. The van der Waals surface area contributed by atoms with Crippen molar-refractivity contribution in [3.05, 3.63) is 29.3 Å². The maximum absolute atomic E-state index is 11.8. The number of aryl methyl sites for hydroxylation is 1. The molecule has 2 N–H and O–H groups in total. The van der Waals surface area contributed by atoms with Gasteiger partial charge in [0.05, 0.1) is 0 Å². The van der Waals surface area contributed by atoms with Crippen molar-refractivity contribution in [2.24, 2.45) is 5.73 Å². The molecule has 0 spiro atoms. The summed E-state index contributed by atoms with van der Waals surface area (Å²) in [4.78, 5) is 13.5. The highest BCUT2D eigenvalue weighted by atomic mass is 16.5. The maximum atomic E-state index is 11.8. The Kier molecular flexibility index (Phi) is 3.57. The van der Waals surface area contributed by atoms with Gasteiger partial charge in [0.15, 0.2) is 6.10 Å². The molecule has 2 rings (SSSR count). The second-order valence-corrected chi connectivity index (χ2v) is 4.98. The number of nitrogens with two attached hydrogens (primary N) is 1. The molecule has 0 radical (unpaired) electrons.